The molecule has 2 aromatic heterocycles. The molecular formula is C25H30Cl2N8O2. The van der Waals surface area contributed by atoms with Crippen molar-refractivity contribution in [3.8, 4) is 0 Å². The fourth-order valence-electron chi connectivity index (χ4n) is 5.31. The van der Waals surface area contributed by atoms with E-state index in [1.54, 1.807) is 31.3 Å². The first-order valence-electron chi connectivity index (χ1n) is 12.6. The van der Waals surface area contributed by atoms with Gasteiger partial charge in [0.05, 0.1) is 21.9 Å². The van der Waals surface area contributed by atoms with E-state index in [0.29, 0.717) is 58.2 Å². The van der Waals surface area contributed by atoms with Crippen molar-refractivity contribution in [3.63, 3.8) is 0 Å². The number of carbonyl (C=O) groups excluding carboxylic acids is 2. The van der Waals surface area contributed by atoms with E-state index in [2.05, 4.69) is 20.2 Å². The van der Waals surface area contributed by atoms with Crippen LogP contribution in [0.4, 0.5) is 17.6 Å². The number of hydrogen-bond donors (Lipinski definition) is 3. The second-order valence-electron chi connectivity index (χ2n) is 9.79. The van der Waals surface area contributed by atoms with Gasteiger partial charge in [-0.2, -0.15) is 4.98 Å². The number of halogens is 2. The fraction of sp³-hybridized carbons (Fsp3) is 0.480. The molecule has 3 aromatic rings. The molecule has 4 N–H and O–H groups in total. The highest BCUT2D eigenvalue weighted by Crippen LogP contribution is 2.39. The summed E-state index contributed by atoms with van der Waals surface area (Å²) in [6.45, 7) is 2.98. The van der Waals surface area contributed by atoms with Crippen LogP contribution in [-0.4, -0.2) is 55.4 Å². The third-order valence-electron chi connectivity index (χ3n) is 7.30. The zero-order valence-corrected chi connectivity index (χ0v) is 22.1. The van der Waals surface area contributed by atoms with E-state index in [0.717, 1.165) is 32.2 Å². The number of amides is 2. The van der Waals surface area contributed by atoms with Gasteiger partial charge in [0.1, 0.15) is 5.52 Å². The van der Waals surface area contributed by atoms with Crippen LogP contribution in [0.25, 0.3) is 11.2 Å². The number of hydrogen-bond acceptors (Lipinski definition) is 7. The van der Waals surface area contributed by atoms with Crippen LogP contribution in [0.1, 0.15) is 51.5 Å². The van der Waals surface area contributed by atoms with E-state index in [1.807, 2.05) is 4.90 Å². The third-order valence-corrected chi connectivity index (χ3v) is 7.93. The average Bonchev–Trinajstić information content (AvgIpc) is 3.23. The summed E-state index contributed by atoms with van der Waals surface area (Å²) in [5.74, 6) is 0.733. The molecule has 37 heavy (non-hydrogen) atoms. The Labute approximate surface area is 224 Å². The number of benzene rings is 1. The number of nitrogens with two attached hydrogens (primary N) is 1. The standard InChI is InChI=1S/C25H30Cl2N8O2/c1-14(36)34-11-3-4-16(13-34)30-24-29-12-20-23(33-24)35(17-9-7-15(8-10-17)22(28)37)25(31-20)32-21-18(26)5-2-6-19(21)27/h2,5-6,12,15-17H,3-4,7-11,13H2,1H3,(H2,28,37)(H,31,32)(H,29,30,33). The molecule has 10 nitrogen and oxygen atoms in total. The van der Waals surface area contributed by atoms with Crippen molar-refractivity contribution in [2.24, 2.45) is 11.7 Å². The van der Waals surface area contributed by atoms with E-state index in [1.165, 1.54) is 0 Å². The first-order valence-corrected chi connectivity index (χ1v) is 13.3. The maximum absolute atomic E-state index is 11.9. The number of aromatic nitrogens is 4. The Kier molecular flexibility index (Phi) is 7.39. The number of rotatable bonds is 6. The van der Waals surface area contributed by atoms with Gasteiger partial charge in [-0.05, 0) is 50.7 Å². The predicted octanol–water partition coefficient (Wildman–Crippen LogP) is 4.52. The maximum Gasteiger partial charge on any atom is 0.225 e. The lowest BCUT2D eigenvalue weighted by Crippen LogP contribution is -2.44. The first-order chi connectivity index (χ1) is 17.8. The molecule has 1 aromatic carbocycles. The molecular weight excluding hydrogens is 515 g/mol. The fourth-order valence-corrected chi connectivity index (χ4v) is 5.80. The molecule has 2 amide bonds. The van der Waals surface area contributed by atoms with E-state index >= 15 is 0 Å². The minimum atomic E-state index is -0.254. The second kappa shape index (κ2) is 10.7. The number of nitrogens with one attached hydrogen (secondary N) is 2. The van der Waals surface area contributed by atoms with Gasteiger partial charge in [-0.15, -0.1) is 0 Å². The Morgan fingerprint density at radius 2 is 1.81 bits per heavy atom. The van der Waals surface area contributed by atoms with Crippen molar-refractivity contribution in [3.05, 3.63) is 34.4 Å². The quantitative estimate of drug-likeness (QED) is 0.415. The summed E-state index contributed by atoms with van der Waals surface area (Å²) in [4.78, 5) is 39.6. The van der Waals surface area contributed by atoms with Crippen LogP contribution < -0.4 is 16.4 Å². The molecule has 5 rings (SSSR count). The predicted molar refractivity (Wildman–Crippen MR) is 144 cm³/mol. The SMILES string of the molecule is CC(=O)N1CCCC(Nc2ncc3nc(Nc4c(Cl)cccc4Cl)n(C4CCC(C(N)=O)CC4)c3n2)C1. The molecule has 0 spiro atoms. The molecule has 3 heterocycles. The molecule has 0 radical (unpaired) electrons. The van der Waals surface area contributed by atoms with Gasteiger partial charge in [0.15, 0.2) is 5.65 Å². The van der Waals surface area contributed by atoms with Gasteiger partial charge in [0.2, 0.25) is 23.7 Å². The Morgan fingerprint density at radius 3 is 2.49 bits per heavy atom. The summed E-state index contributed by atoms with van der Waals surface area (Å²) in [5.41, 5.74) is 7.43. The summed E-state index contributed by atoms with van der Waals surface area (Å²) in [6, 6.07) is 5.42. The normalized spacial score (nSPS) is 22.1. The van der Waals surface area contributed by atoms with E-state index in [4.69, 9.17) is 38.9 Å². The average molecular weight is 545 g/mol. The van der Waals surface area contributed by atoms with Crippen molar-refractivity contribution < 1.29 is 9.59 Å². The zero-order valence-electron chi connectivity index (χ0n) is 20.6. The van der Waals surface area contributed by atoms with E-state index in [9.17, 15) is 9.59 Å². The largest absolute Gasteiger partial charge is 0.369 e. The van der Waals surface area contributed by atoms with Crippen molar-refractivity contribution in [1.82, 2.24) is 24.4 Å². The number of para-hydroxylation sites is 1. The minimum absolute atomic E-state index is 0.0509. The van der Waals surface area contributed by atoms with Crippen LogP contribution in [-0.2, 0) is 9.59 Å². The van der Waals surface area contributed by atoms with Crippen molar-refractivity contribution in [1.29, 1.82) is 0 Å². The molecule has 2 fully saturated rings. The third kappa shape index (κ3) is 5.45. The lowest BCUT2D eigenvalue weighted by molar-refractivity contribution is -0.129. The molecule has 0 bridgehead atoms. The molecule has 1 unspecified atom stereocenters. The molecule has 2 aliphatic rings. The summed E-state index contributed by atoms with van der Waals surface area (Å²) in [6.07, 6.45) is 6.46. The highest BCUT2D eigenvalue weighted by molar-refractivity contribution is 6.39. The van der Waals surface area contributed by atoms with Gasteiger partial charge in [0, 0.05) is 38.0 Å². The number of fused-ring (bicyclic) bond motifs is 1. The van der Waals surface area contributed by atoms with Crippen molar-refractivity contribution >= 4 is 63.8 Å². The van der Waals surface area contributed by atoms with Gasteiger partial charge < -0.3 is 21.3 Å². The lowest BCUT2D eigenvalue weighted by Gasteiger charge is -2.32. The number of carbonyl (C=O) groups is 2. The highest BCUT2D eigenvalue weighted by atomic mass is 35.5. The summed E-state index contributed by atoms with van der Waals surface area (Å²) >= 11 is 12.9. The van der Waals surface area contributed by atoms with E-state index < -0.39 is 0 Å². The number of anilines is 3. The van der Waals surface area contributed by atoms with Crippen molar-refractivity contribution in [2.45, 2.75) is 57.5 Å². The number of primary amides is 1. The maximum atomic E-state index is 11.9. The number of imidazole rings is 1. The van der Waals surface area contributed by atoms with Crippen molar-refractivity contribution in [2.75, 3.05) is 23.7 Å². The summed E-state index contributed by atoms with van der Waals surface area (Å²) in [7, 11) is 0. The van der Waals surface area contributed by atoms with Crippen LogP contribution in [0, 0.1) is 5.92 Å². The molecule has 196 valence electrons. The summed E-state index contributed by atoms with van der Waals surface area (Å²) in [5, 5.41) is 7.67. The van der Waals surface area contributed by atoms with E-state index in [-0.39, 0.29) is 29.8 Å². The monoisotopic (exact) mass is 544 g/mol. The lowest BCUT2D eigenvalue weighted by atomic mass is 9.85. The molecule has 1 atom stereocenters. The van der Waals surface area contributed by atoms with Gasteiger partial charge in [0.25, 0.3) is 0 Å². The smallest absolute Gasteiger partial charge is 0.225 e. The van der Waals surface area contributed by atoms with Gasteiger partial charge >= 0.3 is 0 Å². The first kappa shape index (κ1) is 25.5. The topological polar surface area (TPSA) is 131 Å². The van der Waals surface area contributed by atoms with Crippen LogP contribution >= 0.6 is 23.2 Å². The Morgan fingerprint density at radius 1 is 1.08 bits per heavy atom. The Balaban J connectivity index is 1.49. The molecule has 1 saturated heterocycles. The summed E-state index contributed by atoms with van der Waals surface area (Å²) < 4.78 is 2.06. The van der Waals surface area contributed by atoms with Gasteiger partial charge in [-0.1, -0.05) is 29.3 Å². The molecule has 1 saturated carbocycles. The zero-order chi connectivity index (χ0) is 26.1. The molecule has 12 heteroatoms. The second-order valence-corrected chi connectivity index (χ2v) is 10.6. The minimum Gasteiger partial charge on any atom is -0.369 e. The molecule has 1 aliphatic carbocycles. The van der Waals surface area contributed by atoms with Crippen LogP contribution in [0.15, 0.2) is 24.4 Å². The number of likely N-dealkylation sites (tertiary alicyclic amines) is 1. The molecule has 1 aliphatic heterocycles. The van der Waals surface area contributed by atoms with Crippen LogP contribution in [0.2, 0.25) is 10.0 Å². The van der Waals surface area contributed by atoms with Gasteiger partial charge in [-0.3, -0.25) is 14.2 Å². The van der Waals surface area contributed by atoms with Crippen LogP contribution in [0.3, 0.4) is 0 Å². The van der Waals surface area contributed by atoms with Crippen LogP contribution in [0.5, 0.6) is 0 Å². The number of nitrogens with zero attached hydrogens (tertiary/aromatic N) is 5. The Bertz CT molecular complexity index is 1300. The number of piperidine rings is 1. The van der Waals surface area contributed by atoms with Gasteiger partial charge in [-0.25, -0.2) is 9.97 Å². The highest BCUT2D eigenvalue weighted by Gasteiger charge is 2.30. The Hall–Kier alpha value is -3.11.